The summed E-state index contributed by atoms with van der Waals surface area (Å²) in [6, 6.07) is 10.9. The molecule has 0 bridgehead atoms. The summed E-state index contributed by atoms with van der Waals surface area (Å²) in [7, 11) is -2.12. The van der Waals surface area contributed by atoms with Crippen molar-refractivity contribution in [2.45, 2.75) is 37.6 Å². The van der Waals surface area contributed by atoms with Crippen LogP contribution in [0.4, 0.5) is 10.1 Å². The molecule has 1 fully saturated rings. The van der Waals surface area contributed by atoms with E-state index in [1.54, 1.807) is 18.2 Å². The fourth-order valence-electron chi connectivity index (χ4n) is 4.07. The summed E-state index contributed by atoms with van der Waals surface area (Å²) in [6.07, 6.45) is 0.732. The van der Waals surface area contributed by atoms with Crippen molar-refractivity contribution in [1.29, 1.82) is 0 Å². The Bertz CT molecular complexity index is 1050. The number of halogens is 1. The number of carbonyl (C=O) groups is 1. The summed E-state index contributed by atoms with van der Waals surface area (Å²) < 4.78 is 40.0. The minimum atomic E-state index is -3.48. The number of nitrogens with one attached hydrogen (secondary N) is 2. The SMILES string of the molecule is CCN1CCN(c2ccc(F)cc2C(C)NC(=O)CCc2ccc(S(=O)(=O)NC)cc2)CC1. The van der Waals surface area contributed by atoms with Crippen LogP contribution in [0.15, 0.2) is 47.4 Å². The van der Waals surface area contributed by atoms with Crippen molar-refractivity contribution in [2.75, 3.05) is 44.7 Å². The Morgan fingerprint density at radius 1 is 1.09 bits per heavy atom. The highest BCUT2D eigenvalue weighted by Crippen LogP contribution is 2.28. The van der Waals surface area contributed by atoms with Gasteiger partial charge in [-0.15, -0.1) is 0 Å². The minimum absolute atomic E-state index is 0.138. The lowest BCUT2D eigenvalue weighted by molar-refractivity contribution is -0.121. The van der Waals surface area contributed by atoms with Crippen molar-refractivity contribution in [3.63, 3.8) is 0 Å². The minimum Gasteiger partial charge on any atom is -0.369 e. The lowest BCUT2D eigenvalue weighted by Gasteiger charge is -2.37. The number of hydrogen-bond acceptors (Lipinski definition) is 5. The lowest BCUT2D eigenvalue weighted by Crippen LogP contribution is -2.46. The molecule has 3 rings (SSSR count). The molecule has 0 aliphatic carbocycles. The predicted octanol–water partition coefficient (Wildman–Crippen LogP) is 2.69. The monoisotopic (exact) mass is 476 g/mol. The van der Waals surface area contributed by atoms with Crippen LogP contribution in [0.25, 0.3) is 0 Å². The fourth-order valence-corrected chi connectivity index (χ4v) is 4.80. The largest absolute Gasteiger partial charge is 0.369 e. The molecule has 1 amide bonds. The number of anilines is 1. The number of hydrogen-bond donors (Lipinski definition) is 2. The van der Waals surface area contributed by atoms with E-state index < -0.39 is 10.0 Å². The van der Waals surface area contributed by atoms with E-state index >= 15 is 0 Å². The Balaban J connectivity index is 1.61. The van der Waals surface area contributed by atoms with Crippen LogP contribution in [0, 0.1) is 5.82 Å². The molecule has 1 saturated heterocycles. The fraction of sp³-hybridized carbons (Fsp3) is 0.458. The third kappa shape index (κ3) is 6.52. The van der Waals surface area contributed by atoms with Gasteiger partial charge in [0.25, 0.3) is 0 Å². The molecule has 2 aromatic carbocycles. The van der Waals surface area contributed by atoms with Crippen molar-refractivity contribution in [2.24, 2.45) is 0 Å². The Morgan fingerprint density at radius 3 is 2.36 bits per heavy atom. The number of benzene rings is 2. The molecule has 1 unspecified atom stereocenters. The van der Waals surface area contributed by atoms with Crippen LogP contribution < -0.4 is 14.9 Å². The molecular weight excluding hydrogens is 443 g/mol. The molecule has 7 nitrogen and oxygen atoms in total. The average Bonchev–Trinajstić information content (AvgIpc) is 2.83. The third-order valence-electron chi connectivity index (χ3n) is 6.14. The van der Waals surface area contributed by atoms with Crippen LogP contribution in [0.3, 0.4) is 0 Å². The molecule has 2 N–H and O–H groups in total. The maximum atomic E-state index is 14.1. The molecule has 0 aromatic heterocycles. The first-order valence-electron chi connectivity index (χ1n) is 11.3. The number of rotatable bonds is 9. The normalized spacial score (nSPS) is 15.9. The Hall–Kier alpha value is -2.49. The Kier molecular flexibility index (Phi) is 8.45. The van der Waals surface area contributed by atoms with E-state index in [0.717, 1.165) is 49.5 Å². The van der Waals surface area contributed by atoms with Crippen molar-refractivity contribution in [3.8, 4) is 0 Å². The summed E-state index contributed by atoms with van der Waals surface area (Å²) in [5, 5.41) is 2.99. The maximum Gasteiger partial charge on any atom is 0.240 e. The smallest absolute Gasteiger partial charge is 0.240 e. The van der Waals surface area contributed by atoms with Gasteiger partial charge in [0.05, 0.1) is 10.9 Å². The zero-order valence-corrected chi connectivity index (χ0v) is 20.3. The summed E-state index contributed by atoms with van der Waals surface area (Å²) in [5.74, 6) is -0.459. The van der Waals surface area contributed by atoms with E-state index in [4.69, 9.17) is 0 Å². The lowest BCUT2D eigenvalue weighted by atomic mass is 10.0. The number of piperazine rings is 1. The first-order chi connectivity index (χ1) is 15.7. The van der Waals surface area contributed by atoms with E-state index in [0.29, 0.717) is 6.42 Å². The molecule has 33 heavy (non-hydrogen) atoms. The molecule has 9 heteroatoms. The average molecular weight is 477 g/mol. The highest BCUT2D eigenvalue weighted by atomic mass is 32.2. The molecule has 0 radical (unpaired) electrons. The molecule has 1 aliphatic heterocycles. The van der Waals surface area contributed by atoms with Gasteiger partial charge in [-0.2, -0.15) is 0 Å². The zero-order valence-electron chi connectivity index (χ0n) is 19.5. The van der Waals surface area contributed by atoms with Gasteiger partial charge < -0.3 is 15.1 Å². The van der Waals surface area contributed by atoms with Crippen molar-refractivity contribution in [1.82, 2.24) is 14.9 Å². The first kappa shape index (κ1) is 25.1. The highest BCUT2D eigenvalue weighted by molar-refractivity contribution is 7.89. The first-order valence-corrected chi connectivity index (χ1v) is 12.8. The van der Waals surface area contributed by atoms with Crippen LogP contribution in [0.2, 0.25) is 0 Å². The number of nitrogens with zero attached hydrogens (tertiary/aromatic N) is 2. The molecule has 1 heterocycles. The number of aryl methyl sites for hydroxylation is 1. The second-order valence-corrected chi connectivity index (χ2v) is 10.2. The predicted molar refractivity (Wildman–Crippen MR) is 128 cm³/mol. The second-order valence-electron chi connectivity index (χ2n) is 8.27. The van der Waals surface area contributed by atoms with E-state index in [2.05, 4.69) is 26.8 Å². The Labute approximate surface area is 196 Å². The van der Waals surface area contributed by atoms with Crippen molar-refractivity contribution < 1.29 is 17.6 Å². The van der Waals surface area contributed by atoms with Gasteiger partial charge >= 0.3 is 0 Å². The van der Waals surface area contributed by atoms with Crippen LogP contribution in [-0.2, 0) is 21.2 Å². The van der Waals surface area contributed by atoms with Crippen LogP contribution in [0.5, 0.6) is 0 Å². The van der Waals surface area contributed by atoms with Crippen LogP contribution in [0.1, 0.15) is 37.4 Å². The summed E-state index contributed by atoms with van der Waals surface area (Å²) in [4.78, 5) is 17.4. The summed E-state index contributed by atoms with van der Waals surface area (Å²) >= 11 is 0. The highest BCUT2D eigenvalue weighted by Gasteiger charge is 2.22. The Morgan fingerprint density at radius 2 is 1.76 bits per heavy atom. The van der Waals surface area contributed by atoms with Gasteiger partial charge in [0.2, 0.25) is 15.9 Å². The van der Waals surface area contributed by atoms with Gasteiger partial charge in [-0.05, 0) is 62.8 Å². The van der Waals surface area contributed by atoms with Gasteiger partial charge in [-0.25, -0.2) is 17.5 Å². The van der Waals surface area contributed by atoms with Gasteiger partial charge in [-0.1, -0.05) is 19.1 Å². The van der Waals surface area contributed by atoms with Crippen molar-refractivity contribution in [3.05, 3.63) is 59.4 Å². The number of sulfonamides is 1. The molecular formula is C24H33FN4O3S. The number of amides is 1. The maximum absolute atomic E-state index is 14.1. The number of likely N-dealkylation sites (N-methyl/N-ethyl adjacent to an activating group) is 1. The van der Waals surface area contributed by atoms with E-state index in [9.17, 15) is 17.6 Å². The molecule has 1 atom stereocenters. The molecule has 2 aromatic rings. The van der Waals surface area contributed by atoms with Crippen molar-refractivity contribution >= 4 is 21.6 Å². The quantitative estimate of drug-likeness (QED) is 0.582. The number of carbonyl (C=O) groups excluding carboxylic acids is 1. The van der Waals surface area contributed by atoms with E-state index in [1.165, 1.54) is 31.3 Å². The van der Waals surface area contributed by atoms with Crippen LogP contribution in [-0.4, -0.2) is 59.0 Å². The standard InChI is InChI=1S/C24H33FN4O3S/c1-4-28-13-15-29(16-14-28)23-11-8-20(25)17-22(23)18(2)27-24(30)12-7-19-5-9-21(10-6-19)33(31,32)26-3/h5-6,8-11,17-18,26H,4,7,12-16H2,1-3H3,(H,27,30). The molecule has 180 valence electrons. The topological polar surface area (TPSA) is 81.8 Å². The summed E-state index contributed by atoms with van der Waals surface area (Å²) in [6.45, 7) is 8.69. The van der Waals surface area contributed by atoms with Gasteiger partial charge in [-0.3, -0.25) is 4.79 Å². The molecule has 0 saturated carbocycles. The van der Waals surface area contributed by atoms with E-state index in [-0.39, 0.29) is 29.1 Å². The molecule has 0 spiro atoms. The zero-order chi connectivity index (χ0) is 24.0. The second kappa shape index (κ2) is 11.1. The summed E-state index contributed by atoms with van der Waals surface area (Å²) in [5.41, 5.74) is 2.60. The van der Waals surface area contributed by atoms with Gasteiger partial charge in [0.15, 0.2) is 0 Å². The molecule has 1 aliphatic rings. The van der Waals surface area contributed by atoms with E-state index in [1.807, 2.05) is 6.92 Å². The van der Waals surface area contributed by atoms with Gasteiger partial charge in [0.1, 0.15) is 5.82 Å². The third-order valence-corrected chi connectivity index (χ3v) is 7.57. The van der Waals surface area contributed by atoms with Crippen LogP contribution >= 0.6 is 0 Å². The van der Waals surface area contributed by atoms with Gasteiger partial charge in [0, 0.05) is 43.9 Å².